The summed E-state index contributed by atoms with van der Waals surface area (Å²) in [4.78, 5) is 12.0. The van der Waals surface area contributed by atoms with Gasteiger partial charge in [0, 0.05) is 0 Å². The van der Waals surface area contributed by atoms with Gasteiger partial charge >= 0.3 is 0 Å². The summed E-state index contributed by atoms with van der Waals surface area (Å²) in [6, 6.07) is 20.7. The predicted octanol–water partition coefficient (Wildman–Crippen LogP) is 4.88. The van der Waals surface area contributed by atoms with Gasteiger partial charge in [-0.05, 0) is 21.8 Å². The summed E-state index contributed by atoms with van der Waals surface area (Å²) in [6.07, 6.45) is 7.44. The van der Waals surface area contributed by atoms with Crippen molar-refractivity contribution in [2.45, 2.75) is 64.3 Å². The van der Waals surface area contributed by atoms with Crippen LogP contribution in [0.25, 0.3) is 0 Å². The van der Waals surface area contributed by atoms with Crippen molar-refractivity contribution < 1.29 is 4.80 Å². The Kier molecular flexibility index (Phi) is 6.82. The van der Waals surface area contributed by atoms with Gasteiger partial charge in [-0.15, -0.1) is 0 Å². The Morgan fingerprint density at radius 1 is 0.750 bits per heavy atom. The molecule has 0 radical (unpaired) electrons. The van der Waals surface area contributed by atoms with Crippen molar-refractivity contribution in [2.24, 2.45) is 0 Å². The van der Waals surface area contributed by atoms with Crippen molar-refractivity contribution in [1.82, 2.24) is 0 Å². The molecule has 0 aliphatic rings. The molecule has 0 heterocycles. The first-order valence-electron chi connectivity index (χ1n) is 9.36. The fourth-order valence-electron chi connectivity index (χ4n) is 3.66. The van der Waals surface area contributed by atoms with Gasteiger partial charge in [-0.1, -0.05) is 114 Å². The minimum atomic E-state index is -2.80. The van der Waals surface area contributed by atoms with Crippen LogP contribution in [0.15, 0.2) is 60.7 Å². The van der Waals surface area contributed by atoms with E-state index in [1.54, 1.807) is 0 Å². The molecule has 0 fully saturated rings. The number of rotatable bonds is 9. The van der Waals surface area contributed by atoms with Crippen molar-refractivity contribution in [3.63, 3.8) is 0 Å². The molecular formula is C22H32OSi. The summed E-state index contributed by atoms with van der Waals surface area (Å²) in [6.45, 7) is 6.78. The molecule has 0 bridgehead atoms. The summed E-state index contributed by atoms with van der Waals surface area (Å²) >= 11 is 0. The van der Waals surface area contributed by atoms with Gasteiger partial charge in [-0.3, -0.25) is 0 Å². The lowest BCUT2D eigenvalue weighted by Gasteiger charge is -2.41. The molecule has 0 aromatic heterocycles. The molecule has 2 aromatic carbocycles. The van der Waals surface area contributed by atoms with Crippen molar-refractivity contribution in [2.75, 3.05) is 0 Å². The second kappa shape index (κ2) is 8.64. The Labute approximate surface area is 148 Å². The maximum atomic E-state index is 12.0. The van der Waals surface area contributed by atoms with E-state index in [0.717, 1.165) is 16.8 Å². The third-order valence-electron chi connectivity index (χ3n) is 5.27. The van der Waals surface area contributed by atoms with E-state index in [-0.39, 0.29) is 5.04 Å². The molecule has 24 heavy (non-hydrogen) atoms. The molecule has 0 spiro atoms. The molecule has 1 N–H and O–H groups in total. The summed E-state index contributed by atoms with van der Waals surface area (Å²) in [5, 5.41) is 2.14. The average molecular weight is 341 g/mol. The molecule has 0 unspecified atom stereocenters. The lowest BCUT2D eigenvalue weighted by atomic mass is 10.0. The second-order valence-electron chi connectivity index (χ2n) is 7.49. The topological polar surface area (TPSA) is 20.2 Å². The van der Waals surface area contributed by atoms with Gasteiger partial charge in [0.15, 0.2) is 0 Å². The zero-order chi connectivity index (χ0) is 17.5. The van der Waals surface area contributed by atoms with E-state index in [0.29, 0.717) is 0 Å². The number of benzene rings is 2. The molecule has 2 rings (SSSR count). The summed E-state index contributed by atoms with van der Waals surface area (Å²) in [5.74, 6) is 0. The van der Waals surface area contributed by atoms with Crippen molar-refractivity contribution in [1.29, 1.82) is 0 Å². The van der Waals surface area contributed by atoms with E-state index in [4.69, 9.17) is 0 Å². The van der Waals surface area contributed by atoms with Crippen molar-refractivity contribution >= 4 is 18.7 Å². The zero-order valence-corrected chi connectivity index (χ0v) is 16.5. The van der Waals surface area contributed by atoms with Crippen LogP contribution >= 0.6 is 0 Å². The van der Waals surface area contributed by atoms with Crippen LogP contribution in [0.2, 0.25) is 5.04 Å². The number of hydrogen-bond acceptors (Lipinski definition) is 1. The molecule has 1 nitrogen and oxygen atoms in total. The predicted molar refractivity (Wildman–Crippen MR) is 108 cm³/mol. The molecular weight excluding hydrogens is 308 g/mol. The van der Waals surface area contributed by atoms with Crippen LogP contribution < -0.4 is 10.4 Å². The Balaban J connectivity index is 2.29. The van der Waals surface area contributed by atoms with Gasteiger partial charge in [0.1, 0.15) is 0 Å². The highest BCUT2D eigenvalue weighted by atomic mass is 28.4. The highest BCUT2D eigenvalue weighted by molar-refractivity contribution is 6.98. The zero-order valence-electron chi connectivity index (χ0n) is 15.5. The lowest BCUT2D eigenvalue weighted by molar-refractivity contribution is 0.447. The van der Waals surface area contributed by atoms with E-state index < -0.39 is 8.32 Å². The Morgan fingerprint density at radius 2 is 1.21 bits per heavy atom. The summed E-state index contributed by atoms with van der Waals surface area (Å²) < 4.78 is 0. The van der Waals surface area contributed by atoms with E-state index >= 15 is 0 Å². The molecule has 0 aliphatic heterocycles. The first kappa shape index (κ1) is 18.9. The van der Waals surface area contributed by atoms with Crippen LogP contribution in [0, 0.1) is 0 Å². The minimum absolute atomic E-state index is 0.0953. The standard InChI is InChI=1S/C22H32OSi/c1-4-5-6-7-14-19-22(2,3)24(23,20-15-10-8-11-16-20)21-17-12-9-13-18-21/h8-13,15-18,23H,4-7,14,19H2,1-3H3. The lowest BCUT2D eigenvalue weighted by Crippen LogP contribution is -2.65. The van der Waals surface area contributed by atoms with Crippen molar-refractivity contribution in [3.05, 3.63) is 60.7 Å². The Bertz CT molecular complexity index is 552. The molecule has 2 aromatic rings. The average Bonchev–Trinajstić information content (AvgIpc) is 2.62. The molecule has 0 saturated carbocycles. The van der Waals surface area contributed by atoms with Crippen LogP contribution in [-0.4, -0.2) is 13.1 Å². The molecule has 2 heteroatoms. The maximum absolute atomic E-state index is 12.0. The normalized spacial score (nSPS) is 12.3. The van der Waals surface area contributed by atoms with Crippen LogP contribution in [0.5, 0.6) is 0 Å². The van der Waals surface area contributed by atoms with Gasteiger partial charge < -0.3 is 4.80 Å². The third kappa shape index (κ3) is 4.17. The maximum Gasteiger partial charge on any atom is 0.258 e. The highest BCUT2D eigenvalue weighted by Crippen LogP contribution is 2.40. The summed E-state index contributed by atoms with van der Waals surface area (Å²) in [5.41, 5.74) is 0. The Hall–Kier alpha value is -1.38. The SMILES string of the molecule is CCCCCCCC(C)(C)[Si](O)(c1ccccc1)c1ccccc1. The number of hydrogen-bond donors (Lipinski definition) is 1. The van der Waals surface area contributed by atoms with Gasteiger partial charge in [0.2, 0.25) is 0 Å². The van der Waals surface area contributed by atoms with E-state index in [2.05, 4.69) is 45.0 Å². The molecule has 0 amide bonds. The third-order valence-corrected chi connectivity index (χ3v) is 9.81. The fraction of sp³-hybridized carbons (Fsp3) is 0.455. The minimum Gasteiger partial charge on any atom is -0.424 e. The van der Waals surface area contributed by atoms with Gasteiger partial charge in [0.25, 0.3) is 8.32 Å². The second-order valence-corrected chi connectivity index (χ2v) is 11.4. The largest absolute Gasteiger partial charge is 0.424 e. The first-order valence-corrected chi connectivity index (χ1v) is 11.3. The van der Waals surface area contributed by atoms with Crippen LogP contribution in [0.1, 0.15) is 59.3 Å². The number of unbranched alkanes of at least 4 members (excludes halogenated alkanes) is 4. The van der Waals surface area contributed by atoms with Gasteiger partial charge in [-0.2, -0.15) is 0 Å². The molecule has 0 saturated heterocycles. The molecule has 0 aliphatic carbocycles. The van der Waals surface area contributed by atoms with Gasteiger partial charge in [-0.25, -0.2) is 0 Å². The van der Waals surface area contributed by atoms with Crippen LogP contribution in [0.4, 0.5) is 0 Å². The van der Waals surface area contributed by atoms with Gasteiger partial charge in [0.05, 0.1) is 0 Å². The van der Waals surface area contributed by atoms with E-state index in [1.807, 2.05) is 36.4 Å². The fourth-order valence-corrected chi connectivity index (χ4v) is 7.44. The van der Waals surface area contributed by atoms with Crippen molar-refractivity contribution in [3.8, 4) is 0 Å². The molecule has 130 valence electrons. The van der Waals surface area contributed by atoms with E-state index in [9.17, 15) is 4.80 Å². The van der Waals surface area contributed by atoms with Crippen LogP contribution in [-0.2, 0) is 0 Å². The summed E-state index contributed by atoms with van der Waals surface area (Å²) in [7, 11) is -2.80. The smallest absolute Gasteiger partial charge is 0.258 e. The Morgan fingerprint density at radius 3 is 1.67 bits per heavy atom. The molecule has 0 atom stereocenters. The quantitative estimate of drug-likeness (QED) is 0.509. The highest BCUT2D eigenvalue weighted by Gasteiger charge is 2.49. The monoisotopic (exact) mass is 340 g/mol. The van der Waals surface area contributed by atoms with Crippen LogP contribution in [0.3, 0.4) is 0 Å². The van der Waals surface area contributed by atoms with E-state index in [1.165, 1.54) is 32.1 Å². The first-order chi connectivity index (χ1) is 11.5.